The number of benzene rings is 2. The van der Waals surface area contributed by atoms with Crippen molar-refractivity contribution in [3.63, 3.8) is 0 Å². The average molecular weight is 327 g/mol. The van der Waals surface area contributed by atoms with Gasteiger partial charge in [-0.1, -0.05) is 43.3 Å². The van der Waals surface area contributed by atoms with E-state index in [9.17, 15) is 4.79 Å². The lowest BCUT2D eigenvalue weighted by molar-refractivity contribution is -0.122. The second-order valence-corrected chi connectivity index (χ2v) is 5.92. The molecule has 2 atom stereocenters. The zero-order chi connectivity index (χ0) is 17.5. The molecule has 0 bridgehead atoms. The van der Waals surface area contributed by atoms with Crippen LogP contribution in [0.25, 0.3) is 0 Å². The largest absolute Gasteiger partial charge is 0.493 e. The summed E-state index contributed by atoms with van der Waals surface area (Å²) < 4.78 is 10.6. The van der Waals surface area contributed by atoms with Crippen LogP contribution in [0.5, 0.6) is 11.5 Å². The molecule has 0 radical (unpaired) electrons. The highest BCUT2D eigenvalue weighted by atomic mass is 16.5. The number of carbonyl (C=O) groups is 1. The molecule has 2 rings (SSSR count). The minimum Gasteiger partial charge on any atom is -0.493 e. The van der Waals surface area contributed by atoms with E-state index in [1.54, 1.807) is 14.2 Å². The zero-order valence-electron chi connectivity index (χ0n) is 14.7. The van der Waals surface area contributed by atoms with Gasteiger partial charge in [-0.25, -0.2) is 0 Å². The third-order valence-electron chi connectivity index (χ3n) is 4.15. The van der Waals surface area contributed by atoms with E-state index >= 15 is 0 Å². The van der Waals surface area contributed by atoms with Gasteiger partial charge >= 0.3 is 0 Å². The first-order chi connectivity index (χ1) is 11.5. The highest BCUT2D eigenvalue weighted by Crippen LogP contribution is 2.30. The van der Waals surface area contributed by atoms with Gasteiger partial charge in [-0.2, -0.15) is 0 Å². The SMILES string of the molecule is COc1ccc(C(C)NC(=O)CC(C)c2ccccc2)cc1OC. The lowest BCUT2D eigenvalue weighted by Crippen LogP contribution is -2.27. The molecule has 24 heavy (non-hydrogen) atoms. The number of ether oxygens (including phenoxy) is 2. The molecule has 0 aliphatic carbocycles. The molecule has 128 valence electrons. The van der Waals surface area contributed by atoms with Crippen LogP contribution in [0, 0.1) is 0 Å². The van der Waals surface area contributed by atoms with E-state index in [4.69, 9.17) is 9.47 Å². The molecule has 2 aromatic rings. The smallest absolute Gasteiger partial charge is 0.221 e. The number of methoxy groups -OCH3 is 2. The number of hydrogen-bond donors (Lipinski definition) is 1. The Hall–Kier alpha value is -2.49. The summed E-state index contributed by atoms with van der Waals surface area (Å²) in [6.45, 7) is 4.03. The summed E-state index contributed by atoms with van der Waals surface area (Å²) >= 11 is 0. The molecule has 0 heterocycles. The summed E-state index contributed by atoms with van der Waals surface area (Å²) in [5.74, 6) is 1.56. The Balaban J connectivity index is 1.98. The van der Waals surface area contributed by atoms with Crippen LogP contribution in [0.4, 0.5) is 0 Å². The van der Waals surface area contributed by atoms with Gasteiger partial charge in [-0.15, -0.1) is 0 Å². The van der Waals surface area contributed by atoms with E-state index in [0.29, 0.717) is 17.9 Å². The maximum absolute atomic E-state index is 12.3. The summed E-state index contributed by atoms with van der Waals surface area (Å²) in [5, 5.41) is 3.05. The highest BCUT2D eigenvalue weighted by Gasteiger charge is 2.15. The summed E-state index contributed by atoms with van der Waals surface area (Å²) in [5.41, 5.74) is 2.15. The number of carbonyl (C=O) groups excluding carboxylic acids is 1. The average Bonchev–Trinajstić information content (AvgIpc) is 2.61. The number of nitrogens with one attached hydrogen (secondary N) is 1. The van der Waals surface area contributed by atoms with Crippen LogP contribution in [0.1, 0.15) is 43.4 Å². The topological polar surface area (TPSA) is 47.6 Å². The molecule has 2 unspecified atom stereocenters. The predicted octanol–water partition coefficient (Wildman–Crippen LogP) is 4.07. The molecule has 0 aromatic heterocycles. The van der Waals surface area contributed by atoms with Gasteiger partial charge in [0.15, 0.2) is 11.5 Å². The van der Waals surface area contributed by atoms with Gasteiger partial charge in [0.2, 0.25) is 5.91 Å². The Morgan fingerprint density at radius 3 is 2.25 bits per heavy atom. The van der Waals surface area contributed by atoms with Crippen LogP contribution in [-0.2, 0) is 4.79 Å². The van der Waals surface area contributed by atoms with Crippen LogP contribution in [0.15, 0.2) is 48.5 Å². The van der Waals surface area contributed by atoms with Gasteiger partial charge in [-0.05, 0) is 36.1 Å². The van der Waals surface area contributed by atoms with Gasteiger partial charge in [0, 0.05) is 6.42 Å². The van der Waals surface area contributed by atoms with Crippen molar-refractivity contribution in [3.05, 3.63) is 59.7 Å². The fourth-order valence-corrected chi connectivity index (χ4v) is 2.68. The third kappa shape index (κ3) is 4.51. The Morgan fingerprint density at radius 2 is 1.62 bits per heavy atom. The number of hydrogen-bond acceptors (Lipinski definition) is 3. The van der Waals surface area contributed by atoms with Crippen molar-refractivity contribution < 1.29 is 14.3 Å². The maximum atomic E-state index is 12.3. The molecule has 0 aliphatic heterocycles. The van der Waals surface area contributed by atoms with Gasteiger partial charge in [0.25, 0.3) is 0 Å². The molecule has 0 aliphatic rings. The number of amides is 1. The van der Waals surface area contributed by atoms with E-state index in [0.717, 1.165) is 5.56 Å². The molecule has 4 nitrogen and oxygen atoms in total. The highest BCUT2D eigenvalue weighted by molar-refractivity contribution is 5.77. The Bertz CT molecular complexity index is 670. The third-order valence-corrected chi connectivity index (χ3v) is 4.15. The minimum absolute atomic E-state index is 0.0358. The summed E-state index contributed by atoms with van der Waals surface area (Å²) in [7, 11) is 3.21. The van der Waals surface area contributed by atoms with Crippen molar-refractivity contribution in [1.82, 2.24) is 5.32 Å². The molecule has 0 saturated heterocycles. The van der Waals surface area contributed by atoms with Crippen molar-refractivity contribution in [2.24, 2.45) is 0 Å². The van der Waals surface area contributed by atoms with E-state index in [2.05, 4.69) is 24.4 Å². The Morgan fingerprint density at radius 1 is 0.958 bits per heavy atom. The first kappa shape index (κ1) is 17.9. The summed E-state index contributed by atoms with van der Waals surface area (Å²) in [6, 6.07) is 15.7. The molecular weight excluding hydrogens is 302 g/mol. The van der Waals surface area contributed by atoms with Crippen molar-refractivity contribution in [2.75, 3.05) is 14.2 Å². The number of rotatable bonds is 7. The Labute approximate surface area is 143 Å². The molecule has 4 heteroatoms. The predicted molar refractivity (Wildman–Crippen MR) is 95.6 cm³/mol. The van der Waals surface area contributed by atoms with E-state index in [-0.39, 0.29) is 17.9 Å². The maximum Gasteiger partial charge on any atom is 0.221 e. The molecule has 1 N–H and O–H groups in total. The lowest BCUT2D eigenvalue weighted by atomic mass is 9.97. The van der Waals surface area contributed by atoms with Crippen molar-refractivity contribution in [1.29, 1.82) is 0 Å². The summed E-state index contributed by atoms with van der Waals surface area (Å²) in [4.78, 5) is 12.3. The first-order valence-electron chi connectivity index (χ1n) is 8.11. The normalized spacial score (nSPS) is 13.0. The zero-order valence-corrected chi connectivity index (χ0v) is 14.7. The molecule has 0 saturated carbocycles. The van der Waals surface area contributed by atoms with Crippen LogP contribution in [0.2, 0.25) is 0 Å². The molecule has 0 fully saturated rings. The van der Waals surface area contributed by atoms with Gasteiger partial charge in [0.05, 0.1) is 20.3 Å². The van der Waals surface area contributed by atoms with Crippen LogP contribution < -0.4 is 14.8 Å². The van der Waals surface area contributed by atoms with Gasteiger partial charge in [-0.3, -0.25) is 4.79 Å². The Kier molecular flexibility index (Phi) is 6.24. The van der Waals surface area contributed by atoms with Crippen molar-refractivity contribution in [3.8, 4) is 11.5 Å². The first-order valence-corrected chi connectivity index (χ1v) is 8.11. The second kappa shape index (κ2) is 8.39. The van der Waals surface area contributed by atoms with Crippen molar-refractivity contribution in [2.45, 2.75) is 32.2 Å². The fraction of sp³-hybridized carbons (Fsp3) is 0.350. The van der Waals surface area contributed by atoms with Gasteiger partial charge in [0.1, 0.15) is 0 Å². The molecule has 2 aromatic carbocycles. The van der Waals surface area contributed by atoms with E-state index < -0.39 is 0 Å². The monoisotopic (exact) mass is 327 g/mol. The second-order valence-electron chi connectivity index (χ2n) is 5.92. The van der Waals surface area contributed by atoms with Gasteiger partial charge < -0.3 is 14.8 Å². The van der Waals surface area contributed by atoms with Crippen LogP contribution >= 0.6 is 0 Å². The minimum atomic E-state index is -0.0970. The molecular formula is C20H25NO3. The van der Waals surface area contributed by atoms with Crippen LogP contribution in [-0.4, -0.2) is 20.1 Å². The lowest BCUT2D eigenvalue weighted by Gasteiger charge is -2.18. The van der Waals surface area contributed by atoms with Crippen LogP contribution in [0.3, 0.4) is 0 Å². The van der Waals surface area contributed by atoms with E-state index in [1.807, 2.05) is 43.3 Å². The molecule has 1 amide bonds. The quantitative estimate of drug-likeness (QED) is 0.834. The molecule has 0 spiro atoms. The van der Waals surface area contributed by atoms with E-state index in [1.165, 1.54) is 5.56 Å². The standard InChI is InChI=1S/C20H25NO3/c1-14(16-8-6-5-7-9-16)12-20(22)21-15(2)17-10-11-18(23-3)19(13-17)24-4/h5-11,13-15H,12H2,1-4H3,(H,21,22). The fourth-order valence-electron chi connectivity index (χ4n) is 2.68. The van der Waals surface area contributed by atoms with Crippen molar-refractivity contribution >= 4 is 5.91 Å². The summed E-state index contributed by atoms with van der Waals surface area (Å²) in [6.07, 6.45) is 0.460.